The number of oxime groups is 1. The molecule has 0 spiro atoms. The molecule has 136 valence electrons. The second-order valence-corrected chi connectivity index (χ2v) is 6.64. The van der Waals surface area contributed by atoms with Crippen LogP contribution in [0, 0.1) is 13.8 Å². The largest absolute Gasteiger partial charge is 0.399 e. The summed E-state index contributed by atoms with van der Waals surface area (Å²) in [5, 5.41) is 13.5. The fourth-order valence-electron chi connectivity index (χ4n) is 3.39. The van der Waals surface area contributed by atoms with Crippen molar-refractivity contribution in [2.45, 2.75) is 26.3 Å². The van der Waals surface area contributed by atoms with Crippen LogP contribution < -0.4 is 0 Å². The first kappa shape index (κ1) is 18.1. The highest BCUT2D eigenvalue weighted by Gasteiger charge is 2.33. The molecule has 2 aromatic rings. The van der Waals surface area contributed by atoms with Gasteiger partial charge in [0.2, 0.25) is 0 Å². The summed E-state index contributed by atoms with van der Waals surface area (Å²) in [5.41, 5.74) is 6.13. The average Bonchev–Trinajstić information content (AvgIpc) is 3.07. The molecule has 3 rings (SSSR count). The van der Waals surface area contributed by atoms with Crippen molar-refractivity contribution >= 4 is 11.6 Å². The van der Waals surface area contributed by atoms with Crippen LogP contribution in [0.4, 0.5) is 0 Å². The normalized spacial score (nSPS) is 18.4. The monoisotopic (exact) mass is 352 g/mol. The summed E-state index contributed by atoms with van der Waals surface area (Å²) in [4.78, 5) is 19.3. The van der Waals surface area contributed by atoms with E-state index in [0.717, 1.165) is 11.3 Å². The third-order valence-corrected chi connectivity index (χ3v) is 5.00. The summed E-state index contributed by atoms with van der Waals surface area (Å²) >= 11 is 0. The number of hydrogen-bond acceptors (Lipinski definition) is 4. The van der Waals surface area contributed by atoms with Crippen LogP contribution in [0.2, 0.25) is 0 Å². The van der Waals surface area contributed by atoms with Crippen molar-refractivity contribution < 1.29 is 14.7 Å². The first-order valence-electron chi connectivity index (χ1n) is 8.72. The molecular weight excluding hydrogens is 328 g/mol. The fraction of sp³-hybridized carbons (Fsp3) is 0.333. The van der Waals surface area contributed by atoms with Crippen molar-refractivity contribution in [1.82, 2.24) is 4.90 Å². The standard InChI is InChI=1S/C21H24N2O3/c1-14-5-4-6-20(15(14)2)16-7-9-17(10-8-16)21(25)23-12-18(22-26-3)11-19(23)13-24/h4-10,19,24H,11-13H2,1-3H3/b22-18-/t19-/m0/s1. The van der Waals surface area contributed by atoms with Gasteiger partial charge in [-0.25, -0.2) is 0 Å². The van der Waals surface area contributed by atoms with E-state index >= 15 is 0 Å². The molecular formula is C21H24N2O3. The zero-order valence-electron chi connectivity index (χ0n) is 15.4. The molecule has 0 saturated carbocycles. The molecule has 0 aliphatic carbocycles. The van der Waals surface area contributed by atoms with Crippen LogP contribution in [-0.4, -0.2) is 47.9 Å². The molecule has 0 radical (unpaired) electrons. The van der Waals surface area contributed by atoms with Crippen molar-refractivity contribution in [3.05, 3.63) is 59.2 Å². The smallest absolute Gasteiger partial charge is 0.254 e. The van der Waals surface area contributed by atoms with E-state index in [1.54, 1.807) is 4.90 Å². The SMILES string of the molecule is CO/N=C1/C[C@@H](CO)N(C(=O)c2ccc(-c3cccc(C)c3C)cc2)C1. The molecule has 0 unspecified atom stereocenters. The first-order valence-corrected chi connectivity index (χ1v) is 8.72. The molecule has 1 aliphatic rings. The molecule has 1 heterocycles. The van der Waals surface area contributed by atoms with E-state index in [-0.39, 0.29) is 18.6 Å². The number of benzene rings is 2. The van der Waals surface area contributed by atoms with Gasteiger partial charge >= 0.3 is 0 Å². The Hall–Kier alpha value is -2.66. The maximum absolute atomic E-state index is 12.9. The van der Waals surface area contributed by atoms with E-state index in [9.17, 15) is 9.90 Å². The van der Waals surface area contributed by atoms with Crippen LogP contribution in [0.3, 0.4) is 0 Å². The number of carbonyl (C=O) groups excluding carboxylic acids is 1. The number of aliphatic hydroxyl groups excluding tert-OH is 1. The lowest BCUT2D eigenvalue weighted by Crippen LogP contribution is -2.37. The molecule has 0 bridgehead atoms. The highest BCUT2D eigenvalue weighted by molar-refractivity contribution is 6.00. The molecule has 2 aromatic carbocycles. The molecule has 1 N–H and O–H groups in total. The molecule has 1 saturated heterocycles. The zero-order valence-corrected chi connectivity index (χ0v) is 15.4. The number of amides is 1. The summed E-state index contributed by atoms with van der Waals surface area (Å²) in [6.07, 6.45) is 0.538. The van der Waals surface area contributed by atoms with Gasteiger partial charge in [-0.15, -0.1) is 0 Å². The predicted octanol–water partition coefficient (Wildman–Crippen LogP) is 3.18. The van der Waals surface area contributed by atoms with Gasteiger partial charge in [0.05, 0.1) is 24.9 Å². The summed E-state index contributed by atoms with van der Waals surface area (Å²) in [5.74, 6) is -0.0992. The third kappa shape index (κ3) is 3.48. The van der Waals surface area contributed by atoms with Gasteiger partial charge in [0, 0.05) is 12.0 Å². The number of aliphatic hydroxyl groups is 1. The summed E-state index contributed by atoms with van der Waals surface area (Å²) in [6.45, 7) is 4.50. The van der Waals surface area contributed by atoms with Crippen LogP contribution in [0.15, 0.2) is 47.6 Å². The lowest BCUT2D eigenvalue weighted by Gasteiger charge is -2.22. The number of hydrogen-bond donors (Lipinski definition) is 1. The Bertz CT molecular complexity index is 828. The van der Waals surface area contributed by atoms with Gasteiger partial charge in [-0.2, -0.15) is 0 Å². The second-order valence-electron chi connectivity index (χ2n) is 6.64. The van der Waals surface area contributed by atoms with Crippen LogP contribution >= 0.6 is 0 Å². The van der Waals surface area contributed by atoms with Crippen LogP contribution in [0.5, 0.6) is 0 Å². The number of aryl methyl sites for hydroxylation is 1. The third-order valence-electron chi connectivity index (χ3n) is 5.00. The van der Waals surface area contributed by atoms with E-state index in [4.69, 9.17) is 4.84 Å². The van der Waals surface area contributed by atoms with Crippen LogP contribution in [0.1, 0.15) is 27.9 Å². The Balaban J connectivity index is 1.83. The van der Waals surface area contributed by atoms with Gasteiger partial charge in [-0.1, -0.05) is 35.5 Å². The molecule has 1 aliphatic heterocycles. The van der Waals surface area contributed by atoms with E-state index in [0.29, 0.717) is 18.5 Å². The highest BCUT2D eigenvalue weighted by atomic mass is 16.6. The van der Waals surface area contributed by atoms with E-state index < -0.39 is 0 Å². The Kier molecular flexibility index (Phi) is 5.38. The van der Waals surface area contributed by atoms with Gasteiger partial charge in [0.25, 0.3) is 5.91 Å². The lowest BCUT2D eigenvalue weighted by atomic mass is 9.96. The van der Waals surface area contributed by atoms with Crippen molar-refractivity contribution in [3.63, 3.8) is 0 Å². The Morgan fingerprint density at radius 2 is 1.96 bits per heavy atom. The van der Waals surface area contributed by atoms with Crippen molar-refractivity contribution in [1.29, 1.82) is 0 Å². The minimum Gasteiger partial charge on any atom is -0.399 e. The van der Waals surface area contributed by atoms with E-state index in [2.05, 4.69) is 31.1 Å². The highest BCUT2D eigenvalue weighted by Crippen LogP contribution is 2.26. The van der Waals surface area contributed by atoms with E-state index in [1.165, 1.54) is 23.8 Å². The minimum atomic E-state index is -0.255. The van der Waals surface area contributed by atoms with Gasteiger partial charge in [-0.05, 0) is 48.2 Å². The Morgan fingerprint density at radius 3 is 2.62 bits per heavy atom. The summed E-state index contributed by atoms with van der Waals surface area (Å²) < 4.78 is 0. The number of likely N-dealkylation sites (tertiary alicyclic amines) is 1. The van der Waals surface area contributed by atoms with Gasteiger partial charge < -0.3 is 14.8 Å². The zero-order chi connectivity index (χ0) is 18.7. The van der Waals surface area contributed by atoms with E-state index in [1.807, 2.05) is 30.3 Å². The molecule has 5 nitrogen and oxygen atoms in total. The van der Waals surface area contributed by atoms with Crippen LogP contribution in [-0.2, 0) is 4.84 Å². The molecule has 5 heteroatoms. The predicted molar refractivity (Wildman–Crippen MR) is 102 cm³/mol. The first-order chi connectivity index (χ1) is 12.5. The molecule has 1 atom stereocenters. The summed E-state index contributed by atoms with van der Waals surface area (Å²) in [7, 11) is 1.48. The lowest BCUT2D eigenvalue weighted by molar-refractivity contribution is 0.0680. The van der Waals surface area contributed by atoms with Crippen LogP contribution in [0.25, 0.3) is 11.1 Å². The Labute approximate surface area is 153 Å². The molecule has 26 heavy (non-hydrogen) atoms. The maximum atomic E-state index is 12.9. The van der Waals surface area contributed by atoms with Crippen molar-refractivity contribution in [2.24, 2.45) is 5.16 Å². The fourth-order valence-corrected chi connectivity index (χ4v) is 3.39. The molecule has 0 aromatic heterocycles. The number of carbonyl (C=O) groups is 1. The minimum absolute atomic E-state index is 0.0882. The van der Waals surface area contributed by atoms with Crippen molar-refractivity contribution in [3.8, 4) is 11.1 Å². The van der Waals surface area contributed by atoms with Gasteiger partial charge in [-0.3, -0.25) is 4.79 Å². The second kappa shape index (κ2) is 7.70. The summed E-state index contributed by atoms with van der Waals surface area (Å²) in [6, 6.07) is 13.6. The quantitative estimate of drug-likeness (QED) is 0.860. The average molecular weight is 352 g/mol. The topological polar surface area (TPSA) is 62.1 Å². The van der Waals surface area contributed by atoms with Gasteiger partial charge in [0.15, 0.2) is 0 Å². The maximum Gasteiger partial charge on any atom is 0.254 e. The Morgan fingerprint density at radius 1 is 1.23 bits per heavy atom. The van der Waals surface area contributed by atoms with Gasteiger partial charge in [0.1, 0.15) is 7.11 Å². The number of rotatable bonds is 4. The number of nitrogens with zero attached hydrogens (tertiary/aromatic N) is 2. The molecule has 1 fully saturated rings. The van der Waals surface area contributed by atoms with Crippen molar-refractivity contribution in [2.75, 3.05) is 20.3 Å². The molecule has 1 amide bonds.